The predicted molar refractivity (Wildman–Crippen MR) is 76.5 cm³/mol. The molecule has 0 atom stereocenters. The van der Waals surface area contributed by atoms with Crippen molar-refractivity contribution in [1.82, 2.24) is 0 Å². The van der Waals surface area contributed by atoms with Crippen LogP contribution in [0.15, 0.2) is 36.4 Å². The molecule has 0 amide bonds. The SMILES string of the molecule is CCCc1ccccc1OC(=O)c1c(F)ccc(C)c1F. The Morgan fingerprint density at radius 1 is 1.14 bits per heavy atom. The Hall–Kier alpha value is -2.23. The van der Waals surface area contributed by atoms with Crippen molar-refractivity contribution in [2.45, 2.75) is 26.7 Å². The molecule has 0 aromatic heterocycles. The van der Waals surface area contributed by atoms with Crippen LogP contribution in [0.4, 0.5) is 8.78 Å². The lowest BCUT2D eigenvalue weighted by Gasteiger charge is -2.11. The summed E-state index contributed by atoms with van der Waals surface area (Å²) in [5, 5.41) is 0. The molecule has 0 bridgehead atoms. The van der Waals surface area contributed by atoms with Crippen LogP contribution in [0.1, 0.15) is 34.8 Å². The number of aryl methyl sites for hydroxylation is 2. The van der Waals surface area contributed by atoms with Crippen LogP contribution in [-0.4, -0.2) is 5.97 Å². The maximum Gasteiger partial charge on any atom is 0.349 e. The quantitative estimate of drug-likeness (QED) is 0.614. The molecule has 0 unspecified atom stereocenters. The molecule has 0 spiro atoms. The van der Waals surface area contributed by atoms with Crippen LogP contribution in [0.25, 0.3) is 0 Å². The van der Waals surface area contributed by atoms with E-state index in [-0.39, 0.29) is 5.56 Å². The van der Waals surface area contributed by atoms with Gasteiger partial charge in [0.1, 0.15) is 22.9 Å². The van der Waals surface area contributed by atoms with Gasteiger partial charge in [-0.15, -0.1) is 0 Å². The maximum atomic E-state index is 13.9. The van der Waals surface area contributed by atoms with Crippen molar-refractivity contribution in [3.05, 3.63) is 64.7 Å². The van der Waals surface area contributed by atoms with E-state index in [4.69, 9.17) is 4.74 Å². The van der Waals surface area contributed by atoms with Gasteiger partial charge in [0, 0.05) is 0 Å². The fourth-order valence-corrected chi connectivity index (χ4v) is 2.07. The van der Waals surface area contributed by atoms with Crippen molar-refractivity contribution in [2.75, 3.05) is 0 Å². The van der Waals surface area contributed by atoms with E-state index in [0.29, 0.717) is 5.75 Å². The molecule has 2 aromatic rings. The molecule has 0 aliphatic rings. The molecule has 0 aliphatic heterocycles. The summed E-state index contributed by atoms with van der Waals surface area (Å²) >= 11 is 0. The van der Waals surface area contributed by atoms with Crippen LogP contribution < -0.4 is 4.74 Å². The molecule has 0 heterocycles. The minimum atomic E-state index is -1.02. The van der Waals surface area contributed by atoms with Crippen LogP contribution in [0.5, 0.6) is 5.75 Å². The van der Waals surface area contributed by atoms with Gasteiger partial charge in [0.25, 0.3) is 0 Å². The first kappa shape index (κ1) is 15.2. The van der Waals surface area contributed by atoms with Gasteiger partial charge in [0.05, 0.1) is 0 Å². The Balaban J connectivity index is 2.33. The summed E-state index contributed by atoms with van der Waals surface area (Å²) in [5.74, 6) is -2.48. The number of hydrogen-bond acceptors (Lipinski definition) is 2. The van der Waals surface area contributed by atoms with Crippen LogP contribution in [0.3, 0.4) is 0 Å². The first-order chi connectivity index (χ1) is 10.0. The molecule has 4 heteroatoms. The van der Waals surface area contributed by atoms with E-state index >= 15 is 0 Å². The molecular weight excluding hydrogens is 274 g/mol. The summed E-state index contributed by atoms with van der Waals surface area (Å²) in [5.41, 5.74) is 0.383. The number of esters is 1. The third kappa shape index (κ3) is 3.27. The van der Waals surface area contributed by atoms with Crippen molar-refractivity contribution in [3.63, 3.8) is 0 Å². The Labute approximate surface area is 122 Å². The first-order valence-corrected chi connectivity index (χ1v) is 6.79. The highest BCUT2D eigenvalue weighted by Crippen LogP contribution is 2.23. The second-order valence-corrected chi connectivity index (χ2v) is 4.80. The minimum absolute atomic E-state index is 0.199. The molecular formula is C17H16F2O2. The van der Waals surface area contributed by atoms with E-state index in [1.54, 1.807) is 12.1 Å². The number of halogens is 2. The number of hydrogen-bond donors (Lipinski definition) is 0. The van der Waals surface area contributed by atoms with E-state index in [0.717, 1.165) is 24.5 Å². The molecule has 0 radical (unpaired) electrons. The van der Waals surface area contributed by atoms with Gasteiger partial charge in [-0.1, -0.05) is 37.6 Å². The third-order valence-corrected chi connectivity index (χ3v) is 3.18. The van der Waals surface area contributed by atoms with Crippen molar-refractivity contribution >= 4 is 5.97 Å². The lowest BCUT2D eigenvalue weighted by molar-refractivity contribution is 0.0722. The van der Waals surface area contributed by atoms with Gasteiger partial charge >= 0.3 is 5.97 Å². The highest BCUT2D eigenvalue weighted by Gasteiger charge is 2.21. The largest absolute Gasteiger partial charge is 0.422 e. The zero-order chi connectivity index (χ0) is 15.4. The van der Waals surface area contributed by atoms with E-state index in [1.165, 1.54) is 13.0 Å². The lowest BCUT2D eigenvalue weighted by atomic mass is 10.1. The van der Waals surface area contributed by atoms with Crippen molar-refractivity contribution in [3.8, 4) is 5.75 Å². The number of carbonyl (C=O) groups is 1. The molecule has 0 aliphatic carbocycles. The van der Waals surface area contributed by atoms with Crippen LogP contribution in [0.2, 0.25) is 0 Å². The monoisotopic (exact) mass is 290 g/mol. The summed E-state index contributed by atoms with van der Waals surface area (Å²) < 4.78 is 32.8. The van der Waals surface area contributed by atoms with E-state index in [9.17, 15) is 13.6 Å². The minimum Gasteiger partial charge on any atom is -0.422 e. The molecule has 2 nitrogen and oxygen atoms in total. The Morgan fingerprint density at radius 2 is 1.86 bits per heavy atom. The average Bonchev–Trinajstić information content (AvgIpc) is 2.46. The van der Waals surface area contributed by atoms with Gasteiger partial charge in [-0.3, -0.25) is 0 Å². The molecule has 0 saturated carbocycles. The predicted octanol–water partition coefficient (Wildman–Crippen LogP) is 4.44. The zero-order valence-electron chi connectivity index (χ0n) is 12.0. The molecule has 21 heavy (non-hydrogen) atoms. The number of carbonyl (C=O) groups excluding carboxylic acids is 1. The summed E-state index contributed by atoms with van der Waals surface area (Å²) in [6, 6.07) is 9.34. The van der Waals surface area contributed by atoms with E-state index in [2.05, 4.69) is 0 Å². The van der Waals surface area contributed by atoms with Gasteiger partial charge < -0.3 is 4.74 Å². The molecule has 0 N–H and O–H groups in total. The highest BCUT2D eigenvalue weighted by molar-refractivity contribution is 5.92. The van der Waals surface area contributed by atoms with E-state index in [1.807, 2.05) is 19.1 Å². The average molecular weight is 290 g/mol. The van der Waals surface area contributed by atoms with Crippen LogP contribution in [-0.2, 0) is 6.42 Å². The number of ether oxygens (including phenoxy) is 1. The molecule has 110 valence electrons. The topological polar surface area (TPSA) is 26.3 Å². The van der Waals surface area contributed by atoms with Crippen LogP contribution >= 0.6 is 0 Å². The highest BCUT2D eigenvalue weighted by atomic mass is 19.1. The summed E-state index contributed by atoms with van der Waals surface area (Å²) in [6.07, 6.45) is 1.60. The fourth-order valence-electron chi connectivity index (χ4n) is 2.07. The lowest BCUT2D eigenvalue weighted by Crippen LogP contribution is -2.15. The first-order valence-electron chi connectivity index (χ1n) is 6.79. The number of rotatable bonds is 4. The van der Waals surface area contributed by atoms with E-state index < -0.39 is 23.2 Å². The molecule has 0 fully saturated rings. The van der Waals surface area contributed by atoms with Gasteiger partial charge in [-0.25, -0.2) is 13.6 Å². The number of benzene rings is 2. The second kappa shape index (κ2) is 6.48. The smallest absolute Gasteiger partial charge is 0.349 e. The molecule has 2 rings (SSSR count). The normalized spacial score (nSPS) is 10.5. The fraction of sp³-hybridized carbons (Fsp3) is 0.235. The number of para-hydroxylation sites is 1. The third-order valence-electron chi connectivity index (χ3n) is 3.18. The van der Waals surface area contributed by atoms with Gasteiger partial charge in [-0.05, 0) is 36.6 Å². The summed E-state index contributed by atoms with van der Waals surface area (Å²) in [6.45, 7) is 3.47. The molecule has 2 aromatic carbocycles. The zero-order valence-corrected chi connectivity index (χ0v) is 12.0. The standard InChI is InChI=1S/C17H16F2O2/c1-3-6-12-7-4-5-8-14(12)21-17(20)15-13(18)10-9-11(2)16(15)19/h4-5,7-10H,3,6H2,1-2H3. The van der Waals surface area contributed by atoms with Gasteiger partial charge in [-0.2, -0.15) is 0 Å². The van der Waals surface area contributed by atoms with Gasteiger partial charge in [0.15, 0.2) is 0 Å². The summed E-state index contributed by atoms with van der Waals surface area (Å²) in [4.78, 5) is 12.1. The summed E-state index contributed by atoms with van der Waals surface area (Å²) in [7, 11) is 0. The van der Waals surface area contributed by atoms with Gasteiger partial charge in [0.2, 0.25) is 0 Å². The van der Waals surface area contributed by atoms with Crippen molar-refractivity contribution in [2.24, 2.45) is 0 Å². The molecule has 0 saturated heterocycles. The Kier molecular flexibility index (Phi) is 4.68. The second-order valence-electron chi connectivity index (χ2n) is 4.80. The maximum absolute atomic E-state index is 13.9. The Bertz CT molecular complexity index is 666. The van der Waals surface area contributed by atoms with Crippen molar-refractivity contribution < 1.29 is 18.3 Å². The Morgan fingerprint density at radius 3 is 2.57 bits per heavy atom. The van der Waals surface area contributed by atoms with Crippen LogP contribution in [0, 0.1) is 18.6 Å². The van der Waals surface area contributed by atoms with Crippen molar-refractivity contribution in [1.29, 1.82) is 0 Å².